The van der Waals surface area contributed by atoms with Gasteiger partial charge in [0.2, 0.25) is 0 Å². The predicted octanol–water partition coefficient (Wildman–Crippen LogP) is 3.93. The molecule has 1 saturated heterocycles. The fraction of sp³-hybridized carbons (Fsp3) is 0.273. The van der Waals surface area contributed by atoms with E-state index in [0.29, 0.717) is 23.4 Å². The van der Waals surface area contributed by atoms with E-state index in [1.807, 2.05) is 18.2 Å². The van der Waals surface area contributed by atoms with E-state index >= 15 is 0 Å². The van der Waals surface area contributed by atoms with Crippen molar-refractivity contribution in [3.8, 4) is 0 Å². The number of amides is 1. The summed E-state index contributed by atoms with van der Waals surface area (Å²) in [5.41, 5.74) is 1.14. The molecule has 7 heteroatoms. The number of hydrogen-bond acceptors (Lipinski definition) is 5. The van der Waals surface area contributed by atoms with E-state index in [1.54, 1.807) is 24.0 Å². The van der Waals surface area contributed by atoms with Gasteiger partial charge in [-0.25, -0.2) is 9.18 Å². The molecule has 1 aliphatic rings. The number of thiophene rings is 1. The van der Waals surface area contributed by atoms with Gasteiger partial charge in [-0.3, -0.25) is 4.79 Å². The van der Waals surface area contributed by atoms with Gasteiger partial charge in [0.05, 0.1) is 0 Å². The summed E-state index contributed by atoms with van der Waals surface area (Å²) in [5.74, 6) is -1.11. The molecule has 0 bridgehead atoms. The summed E-state index contributed by atoms with van der Waals surface area (Å²) in [7, 11) is 0. The predicted molar refractivity (Wildman–Crippen MR) is 112 cm³/mol. The lowest BCUT2D eigenvalue weighted by molar-refractivity contribution is -0.140. The van der Waals surface area contributed by atoms with Crippen LogP contribution in [0, 0.1) is 5.82 Å². The molecule has 0 aliphatic carbocycles. The molecule has 1 atom stereocenters. The van der Waals surface area contributed by atoms with Crippen LogP contribution >= 0.6 is 11.3 Å². The average Bonchev–Trinajstić information content (AvgIpc) is 3.17. The van der Waals surface area contributed by atoms with Crippen LogP contribution in [0.5, 0.6) is 0 Å². The van der Waals surface area contributed by atoms with Gasteiger partial charge in [-0.15, -0.1) is 11.3 Å². The molecule has 0 unspecified atom stereocenters. The zero-order valence-corrected chi connectivity index (χ0v) is 16.8. The fourth-order valence-electron chi connectivity index (χ4n) is 3.46. The summed E-state index contributed by atoms with van der Waals surface area (Å²) in [6.07, 6.45) is -0.868. The third-order valence-electron chi connectivity index (χ3n) is 5.02. The third kappa shape index (κ3) is 4.24. The van der Waals surface area contributed by atoms with Crippen LogP contribution in [0.25, 0.3) is 10.1 Å². The number of carbonyl (C=O) groups is 2. The Morgan fingerprint density at radius 1 is 1.03 bits per heavy atom. The third-order valence-corrected chi connectivity index (χ3v) is 6.12. The van der Waals surface area contributed by atoms with E-state index in [4.69, 9.17) is 4.74 Å². The van der Waals surface area contributed by atoms with Crippen LogP contribution in [0.3, 0.4) is 0 Å². The molecule has 4 rings (SSSR count). The maximum Gasteiger partial charge on any atom is 0.349 e. The summed E-state index contributed by atoms with van der Waals surface area (Å²) in [6.45, 7) is 4.23. The van der Waals surface area contributed by atoms with E-state index in [0.717, 1.165) is 23.5 Å². The summed E-state index contributed by atoms with van der Waals surface area (Å²) in [4.78, 5) is 29.5. The minimum atomic E-state index is -0.868. The van der Waals surface area contributed by atoms with Crippen molar-refractivity contribution in [3.05, 3.63) is 65.3 Å². The SMILES string of the molecule is C[C@H](OC(=O)c1cc2cc(F)ccc2s1)C(=O)N1CCN(c2ccccc2)CC1. The molecule has 0 radical (unpaired) electrons. The lowest BCUT2D eigenvalue weighted by Crippen LogP contribution is -2.51. The highest BCUT2D eigenvalue weighted by atomic mass is 32.1. The molecule has 2 aromatic carbocycles. The minimum Gasteiger partial charge on any atom is -0.448 e. The first-order valence-corrected chi connectivity index (χ1v) is 10.3. The van der Waals surface area contributed by atoms with Crippen molar-refractivity contribution in [1.82, 2.24) is 4.90 Å². The second kappa shape index (κ2) is 8.21. The summed E-state index contributed by atoms with van der Waals surface area (Å²) in [5, 5.41) is 0.651. The quantitative estimate of drug-likeness (QED) is 0.609. The molecule has 29 heavy (non-hydrogen) atoms. The van der Waals surface area contributed by atoms with Crippen molar-refractivity contribution in [1.29, 1.82) is 0 Å². The molecule has 0 saturated carbocycles. The number of halogens is 1. The van der Waals surface area contributed by atoms with E-state index in [-0.39, 0.29) is 11.7 Å². The maximum atomic E-state index is 13.3. The molecule has 1 aliphatic heterocycles. The van der Waals surface area contributed by atoms with Gasteiger partial charge in [0.25, 0.3) is 5.91 Å². The Labute approximate surface area is 172 Å². The van der Waals surface area contributed by atoms with Gasteiger partial charge < -0.3 is 14.5 Å². The number of esters is 1. The minimum absolute atomic E-state index is 0.196. The lowest BCUT2D eigenvalue weighted by atomic mass is 10.2. The van der Waals surface area contributed by atoms with Crippen molar-refractivity contribution in [2.75, 3.05) is 31.1 Å². The fourth-order valence-corrected chi connectivity index (χ4v) is 4.39. The van der Waals surface area contributed by atoms with Gasteiger partial charge in [-0.2, -0.15) is 0 Å². The molecule has 1 amide bonds. The van der Waals surface area contributed by atoms with Gasteiger partial charge in [0.15, 0.2) is 6.10 Å². The highest BCUT2D eigenvalue weighted by Crippen LogP contribution is 2.27. The second-order valence-corrected chi connectivity index (χ2v) is 8.07. The molecule has 150 valence electrons. The van der Waals surface area contributed by atoms with Gasteiger partial charge in [-0.05, 0) is 48.7 Å². The number of piperazine rings is 1. The van der Waals surface area contributed by atoms with Crippen molar-refractivity contribution in [2.24, 2.45) is 0 Å². The molecular weight excluding hydrogens is 391 g/mol. The molecule has 0 spiro atoms. The monoisotopic (exact) mass is 412 g/mol. The number of carbonyl (C=O) groups excluding carboxylic acids is 2. The number of ether oxygens (including phenoxy) is 1. The number of nitrogens with zero attached hydrogens (tertiary/aromatic N) is 2. The number of hydrogen-bond donors (Lipinski definition) is 0. The van der Waals surface area contributed by atoms with Crippen molar-refractivity contribution >= 4 is 39.0 Å². The number of fused-ring (bicyclic) bond motifs is 1. The Kier molecular flexibility index (Phi) is 5.49. The van der Waals surface area contributed by atoms with Crippen LogP contribution in [0.15, 0.2) is 54.6 Å². The van der Waals surface area contributed by atoms with Gasteiger partial charge in [0.1, 0.15) is 10.7 Å². The Bertz CT molecular complexity index is 1030. The molecule has 1 aromatic heterocycles. The zero-order chi connectivity index (χ0) is 20.4. The first kappa shape index (κ1) is 19.4. The Morgan fingerprint density at radius 3 is 2.48 bits per heavy atom. The van der Waals surface area contributed by atoms with Crippen LogP contribution in [-0.2, 0) is 9.53 Å². The summed E-state index contributed by atoms with van der Waals surface area (Å²) >= 11 is 1.23. The van der Waals surface area contributed by atoms with Crippen LogP contribution in [-0.4, -0.2) is 49.1 Å². The van der Waals surface area contributed by atoms with Gasteiger partial charge >= 0.3 is 5.97 Å². The number of benzene rings is 2. The standard InChI is InChI=1S/C22H21FN2O3S/c1-15(28-22(27)20-14-16-13-17(23)7-8-19(16)29-20)21(26)25-11-9-24(10-12-25)18-5-3-2-4-6-18/h2-8,13-15H,9-12H2,1H3/t15-/m0/s1. The molecule has 3 aromatic rings. The van der Waals surface area contributed by atoms with Gasteiger partial charge in [0, 0.05) is 36.6 Å². The van der Waals surface area contributed by atoms with Crippen LogP contribution in [0.4, 0.5) is 10.1 Å². The maximum absolute atomic E-state index is 13.3. The summed E-state index contributed by atoms with van der Waals surface area (Å²) in [6, 6.07) is 16.0. The number of rotatable bonds is 4. The van der Waals surface area contributed by atoms with E-state index in [9.17, 15) is 14.0 Å². The van der Waals surface area contributed by atoms with E-state index in [1.165, 1.54) is 23.5 Å². The highest BCUT2D eigenvalue weighted by Gasteiger charge is 2.28. The summed E-state index contributed by atoms with van der Waals surface area (Å²) < 4.78 is 19.5. The smallest absolute Gasteiger partial charge is 0.349 e. The second-order valence-electron chi connectivity index (χ2n) is 6.99. The lowest BCUT2D eigenvalue weighted by Gasteiger charge is -2.37. The molecule has 1 fully saturated rings. The average molecular weight is 412 g/mol. The first-order valence-electron chi connectivity index (χ1n) is 9.50. The van der Waals surface area contributed by atoms with Gasteiger partial charge in [-0.1, -0.05) is 18.2 Å². The Morgan fingerprint density at radius 2 is 1.76 bits per heavy atom. The largest absolute Gasteiger partial charge is 0.448 e. The van der Waals surface area contributed by atoms with Crippen molar-refractivity contribution in [3.63, 3.8) is 0 Å². The normalized spacial score (nSPS) is 15.4. The van der Waals surface area contributed by atoms with Crippen molar-refractivity contribution < 1.29 is 18.7 Å². The van der Waals surface area contributed by atoms with E-state index in [2.05, 4.69) is 17.0 Å². The first-order chi connectivity index (χ1) is 14.0. The van der Waals surface area contributed by atoms with Crippen LogP contribution < -0.4 is 4.90 Å². The Balaban J connectivity index is 1.35. The van der Waals surface area contributed by atoms with Crippen LogP contribution in [0.1, 0.15) is 16.6 Å². The van der Waals surface area contributed by atoms with E-state index < -0.39 is 12.1 Å². The molecule has 2 heterocycles. The molecule has 5 nitrogen and oxygen atoms in total. The number of para-hydroxylation sites is 1. The topological polar surface area (TPSA) is 49.9 Å². The highest BCUT2D eigenvalue weighted by molar-refractivity contribution is 7.20. The molecule has 0 N–H and O–H groups in total. The zero-order valence-electron chi connectivity index (χ0n) is 16.0. The van der Waals surface area contributed by atoms with Crippen molar-refractivity contribution in [2.45, 2.75) is 13.0 Å². The van der Waals surface area contributed by atoms with Crippen LogP contribution in [0.2, 0.25) is 0 Å². The number of anilines is 1. The Hall–Kier alpha value is -2.93. The molecular formula is C22H21FN2O3S.